The predicted molar refractivity (Wildman–Crippen MR) is 123 cm³/mol. The van der Waals surface area contributed by atoms with Gasteiger partial charge in [-0.05, 0) is 50.9 Å². The number of carbonyl (C=O) groups is 1. The Labute approximate surface area is 202 Å². The Balaban J connectivity index is 1.78. The van der Waals surface area contributed by atoms with E-state index in [0.29, 0.717) is 5.47 Å². The highest BCUT2D eigenvalue weighted by Crippen LogP contribution is 2.39. The molecule has 1 aliphatic rings. The van der Waals surface area contributed by atoms with E-state index in [-0.39, 0.29) is 18.7 Å². The maximum absolute atomic E-state index is 12.5. The van der Waals surface area contributed by atoms with Gasteiger partial charge in [0.2, 0.25) is 0 Å². The van der Waals surface area contributed by atoms with Crippen molar-refractivity contribution in [3.63, 3.8) is 0 Å². The Hall–Kier alpha value is -3.18. The van der Waals surface area contributed by atoms with Gasteiger partial charge in [-0.3, -0.25) is 0 Å². The minimum Gasteiger partial charge on any atom is -0.507 e. The number of alkyl carbamates (subject to hydrolysis) is 1. The van der Waals surface area contributed by atoms with Crippen LogP contribution in [0.1, 0.15) is 38.8 Å². The third-order valence-corrected chi connectivity index (χ3v) is 5.78. The fourth-order valence-corrected chi connectivity index (χ4v) is 3.19. The smallest absolute Gasteiger partial charge is 0.507 e. The summed E-state index contributed by atoms with van der Waals surface area (Å²) in [5.41, 5.74) is 0.0490. The molecule has 0 aromatic heterocycles. The van der Waals surface area contributed by atoms with Crippen molar-refractivity contribution in [3.05, 3.63) is 65.1 Å². The van der Waals surface area contributed by atoms with Gasteiger partial charge in [0.05, 0.1) is 11.2 Å². The lowest BCUT2D eigenvalue weighted by Gasteiger charge is -2.32. The molecule has 2 aromatic rings. The van der Waals surface area contributed by atoms with Crippen molar-refractivity contribution in [1.82, 2.24) is 5.32 Å². The molecule has 3 rings (SSSR count). The van der Waals surface area contributed by atoms with Crippen LogP contribution in [0.5, 0.6) is 11.5 Å². The van der Waals surface area contributed by atoms with E-state index < -0.39 is 42.3 Å². The molecule has 0 aliphatic carbocycles. The molecule has 35 heavy (non-hydrogen) atoms. The van der Waals surface area contributed by atoms with E-state index in [2.05, 4.69) is 10.1 Å². The molecule has 1 aliphatic heterocycles. The quantitative estimate of drug-likeness (QED) is 0.514. The van der Waals surface area contributed by atoms with Crippen LogP contribution in [0.15, 0.2) is 54.0 Å². The number of hydrogen-bond acceptors (Lipinski definition) is 6. The molecule has 7 nitrogen and oxygen atoms in total. The van der Waals surface area contributed by atoms with Crippen LogP contribution in [0, 0.1) is 0 Å². The van der Waals surface area contributed by atoms with Crippen LogP contribution in [-0.4, -0.2) is 42.4 Å². The first-order valence-electron chi connectivity index (χ1n) is 10.9. The van der Waals surface area contributed by atoms with E-state index in [1.165, 1.54) is 12.1 Å². The summed E-state index contributed by atoms with van der Waals surface area (Å²) in [7, 11) is -0.889. The van der Waals surface area contributed by atoms with Gasteiger partial charge >= 0.3 is 19.6 Å². The van der Waals surface area contributed by atoms with Crippen LogP contribution >= 0.6 is 0 Å². The van der Waals surface area contributed by atoms with Crippen LogP contribution < -0.4 is 10.1 Å². The summed E-state index contributed by atoms with van der Waals surface area (Å²) in [6.07, 6.45) is -4.09. The molecular weight excluding hydrogens is 466 g/mol. The number of nitrogens with one attached hydrogen (secondary N) is 1. The summed E-state index contributed by atoms with van der Waals surface area (Å²) >= 11 is 0. The number of phenolic OH excluding ortho intramolecular Hbond substituents is 1. The zero-order chi connectivity index (χ0) is 25.9. The highest BCUT2D eigenvalue weighted by atomic mass is 19.4. The number of halogens is 3. The second-order valence-electron chi connectivity index (χ2n) is 8.99. The van der Waals surface area contributed by atoms with Gasteiger partial charge in [0, 0.05) is 18.2 Å². The van der Waals surface area contributed by atoms with Gasteiger partial charge in [0.15, 0.2) is 0 Å². The lowest BCUT2D eigenvalue weighted by molar-refractivity contribution is -0.274. The fourth-order valence-electron chi connectivity index (χ4n) is 3.19. The average molecular weight is 493 g/mol. The summed E-state index contributed by atoms with van der Waals surface area (Å²) in [5, 5.41) is 12.9. The third-order valence-electron chi connectivity index (χ3n) is 5.78. The fraction of sp³-hybridized carbons (Fsp3) is 0.375. The number of phenols is 1. The van der Waals surface area contributed by atoms with Crippen molar-refractivity contribution in [2.24, 2.45) is 0 Å². The molecule has 0 spiro atoms. The molecule has 1 amide bonds. The van der Waals surface area contributed by atoms with Crippen LogP contribution in [0.3, 0.4) is 0 Å². The summed E-state index contributed by atoms with van der Waals surface area (Å²) < 4.78 is 58.6. The van der Waals surface area contributed by atoms with E-state index in [0.717, 1.165) is 17.7 Å². The first-order valence-corrected chi connectivity index (χ1v) is 10.9. The lowest BCUT2D eigenvalue weighted by atomic mass is 9.77. The number of benzene rings is 2. The Bertz CT molecular complexity index is 1060. The highest BCUT2D eigenvalue weighted by molar-refractivity contribution is 6.56. The molecule has 0 radical (unpaired) electrons. The molecule has 0 saturated carbocycles. The minimum absolute atomic E-state index is 0.0648. The van der Waals surface area contributed by atoms with Gasteiger partial charge in [-0.1, -0.05) is 36.4 Å². The second-order valence-corrected chi connectivity index (χ2v) is 8.99. The summed E-state index contributed by atoms with van der Waals surface area (Å²) in [4.78, 5) is 12.3. The van der Waals surface area contributed by atoms with Crippen molar-refractivity contribution < 1.29 is 41.9 Å². The van der Waals surface area contributed by atoms with E-state index in [1.807, 2.05) is 58.0 Å². The van der Waals surface area contributed by atoms with E-state index >= 15 is 0 Å². The Kier molecular flexibility index (Phi) is 7.71. The number of carbonyl (C=O) groups excluding carboxylic acids is 1. The molecule has 1 fully saturated rings. The largest absolute Gasteiger partial charge is 0.573 e. The van der Waals surface area contributed by atoms with Gasteiger partial charge in [-0.15, -0.1) is 13.2 Å². The molecule has 2 N–H and O–H groups in total. The molecule has 2 aromatic carbocycles. The number of hydrogen-bond donors (Lipinski definition) is 2. The normalized spacial score (nSPS) is 17.2. The van der Waals surface area contributed by atoms with Gasteiger partial charge in [-0.25, -0.2) is 4.79 Å². The molecule has 1 saturated heterocycles. The number of ether oxygens (including phenoxy) is 2. The summed E-state index contributed by atoms with van der Waals surface area (Å²) in [6, 6.07) is 12.3. The molecule has 0 bridgehead atoms. The minimum atomic E-state index is -4.89. The van der Waals surface area contributed by atoms with Crippen LogP contribution in [0.2, 0.25) is 0 Å². The van der Waals surface area contributed by atoms with Crippen molar-refractivity contribution in [2.45, 2.75) is 51.9 Å². The Morgan fingerprint density at radius 1 is 1.09 bits per heavy atom. The predicted octanol–water partition coefficient (Wildman–Crippen LogP) is 5.23. The van der Waals surface area contributed by atoms with Crippen molar-refractivity contribution in [1.29, 1.82) is 0 Å². The van der Waals surface area contributed by atoms with Gasteiger partial charge in [0.25, 0.3) is 0 Å². The standard InChI is InChI=1S/C24H27BF3NO6/c1-22(2)23(3,4)35-25(34-22)18(14-29-21(31)32-15-16-8-6-5-7-9-16)12-17-10-11-19(13-20(17)30)33-24(26,27)28/h5-13,30H,14-15H2,1-4H3,(H,29,31). The molecule has 188 valence electrons. The molecule has 11 heteroatoms. The van der Waals surface area contributed by atoms with Crippen molar-refractivity contribution in [2.75, 3.05) is 6.54 Å². The Morgan fingerprint density at radius 3 is 2.29 bits per heavy atom. The van der Waals surface area contributed by atoms with Crippen LogP contribution in [0.25, 0.3) is 6.08 Å². The summed E-state index contributed by atoms with van der Waals surface area (Å²) in [5.74, 6) is -1.01. The van der Waals surface area contributed by atoms with Gasteiger partial charge < -0.3 is 29.2 Å². The highest BCUT2D eigenvalue weighted by Gasteiger charge is 2.52. The van der Waals surface area contributed by atoms with Gasteiger partial charge in [-0.2, -0.15) is 0 Å². The van der Waals surface area contributed by atoms with Crippen LogP contribution in [0.4, 0.5) is 18.0 Å². The third kappa shape index (κ3) is 7.16. The first-order chi connectivity index (χ1) is 16.3. The van der Waals surface area contributed by atoms with E-state index in [4.69, 9.17) is 14.0 Å². The van der Waals surface area contributed by atoms with Gasteiger partial charge in [0.1, 0.15) is 18.1 Å². The number of alkyl halides is 3. The maximum atomic E-state index is 12.5. The van der Waals surface area contributed by atoms with Crippen molar-refractivity contribution in [3.8, 4) is 11.5 Å². The topological polar surface area (TPSA) is 86.2 Å². The van der Waals surface area contributed by atoms with E-state index in [1.54, 1.807) is 0 Å². The zero-order valence-electron chi connectivity index (χ0n) is 19.8. The number of amides is 1. The average Bonchev–Trinajstić information content (AvgIpc) is 2.97. The SMILES string of the molecule is CC1(C)OB(C(=Cc2ccc(OC(F)(F)F)cc2O)CNC(=O)OCc2ccccc2)OC1(C)C. The molecular formula is C24H27BF3NO6. The summed E-state index contributed by atoms with van der Waals surface area (Å²) in [6.45, 7) is 7.42. The number of aromatic hydroxyl groups is 1. The van der Waals surface area contributed by atoms with Crippen molar-refractivity contribution >= 4 is 19.3 Å². The van der Waals surface area contributed by atoms with E-state index in [9.17, 15) is 23.1 Å². The molecule has 1 heterocycles. The second kappa shape index (κ2) is 10.2. The van der Waals surface area contributed by atoms with Crippen LogP contribution in [-0.2, 0) is 20.7 Å². The Morgan fingerprint density at radius 2 is 1.71 bits per heavy atom. The monoisotopic (exact) mass is 493 g/mol. The zero-order valence-corrected chi connectivity index (χ0v) is 19.8. The molecule has 0 atom stereocenters. The first kappa shape index (κ1) is 26.4. The number of rotatable bonds is 7. The molecule has 0 unspecified atom stereocenters. The lowest BCUT2D eigenvalue weighted by Crippen LogP contribution is -2.41. The maximum Gasteiger partial charge on any atom is 0.573 e.